The Labute approximate surface area is 140 Å². The van der Waals surface area contributed by atoms with Gasteiger partial charge in [-0.05, 0) is 43.2 Å². The first-order valence-electron chi connectivity index (χ1n) is 7.81. The zero-order chi connectivity index (χ0) is 16.4. The molecule has 2 atom stereocenters. The number of ether oxygens (including phenoxy) is 1. The summed E-state index contributed by atoms with van der Waals surface area (Å²) in [5.41, 5.74) is 1.13. The van der Waals surface area contributed by atoms with Crippen LogP contribution < -0.4 is 5.32 Å². The van der Waals surface area contributed by atoms with Gasteiger partial charge < -0.3 is 9.64 Å². The molecule has 0 saturated carbocycles. The highest BCUT2D eigenvalue weighted by molar-refractivity contribution is 7.07. The number of hydrogen-bond acceptors (Lipinski definition) is 4. The highest BCUT2D eigenvalue weighted by Crippen LogP contribution is 2.27. The Balaban J connectivity index is 1.66. The molecule has 0 bridgehead atoms. The first kappa shape index (κ1) is 16.0. The van der Waals surface area contributed by atoms with E-state index in [-0.39, 0.29) is 24.3 Å². The summed E-state index contributed by atoms with van der Waals surface area (Å²) >= 11 is 1.64. The molecule has 1 fully saturated rings. The van der Waals surface area contributed by atoms with Crippen molar-refractivity contribution in [3.63, 3.8) is 0 Å². The van der Waals surface area contributed by atoms with Crippen LogP contribution in [-0.4, -0.2) is 39.9 Å². The summed E-state index contributed by atoms with van der Waals surface area (Å²) in [7, 11) is 0. The summed E-state index contributed by atoms with van der Waals surface area (Å²) in [5, 5.41) is 11.3. The molecule has 2 aromatic rings. The van der Waals surface area contributed by atoms with E-state index >= 15 is 0 Å². The second-order valence-electron chi connectivity index (χ2n) is 6.10. The van der Waals surface area contributed by atoms with Gasteiger partial charge in [0.05, 0.1) is 12.6 Å². The molecular weight excluding hydrogens is 312 g/mol. The van der Waals surface area contributed by atoms with Crippen molar-refractivity contribution in [1.29, 1.82) is 0 Å². The maximum Gasteiger partial charge on any atom is 0.323 e. The second kappa shape index (κ2) is 6.72. The Kier molecular flexibility index (Phi) is 4.68. The topological polar surface area (TPSA) is 59.4 Å². The SMILES string of the molecule is CC(C)n1ccc(NC(=O)N2C[C@@H](c3ccsc3)O[C@@H](C)C2)n1. The Morgan fingerprint density at radius 2 is 2.26 bits per heavy atom. The standard InChI is InChI=1S/C16H22N4O2S/c1-11(2)20-6-4-15(18-20)17-16(21)19-8-12(3)22-14(9-19)13-5-7-23-10-13/h4-7,10-12,14H,8-9H2,1-3H3,(H,17,18,21)/t12-,14-/m0/s1. The largest absolute Gasteiger partial charge is 0.367 e. The molecule has 124 valence electrons. The molecule has 6 nitrogen and oxygen atoms in total. The van der Waals surface area contributed by atoms with Gasteiger partial charge in [-0.15, -0.1) is 0 Å². The molecule has 3 rings (SSSR count). The molecular formula is C16H22N4O2S. The van der Waals surface area contributed by atoms with Crippen molar-refractivity contribution in [2.45, 2.75) is 39.0 Å². The first-order valence-corrected chi connectivity index (χ1v) is 8.76. The van der Waals surface area contributed by atoms with Gasteiger partial charge in [-0.2, -0.15) is 16.4 Å². The average molecular weight is 334 g/mol. The van der Waals surface area contributed by atoms with E-state index < -0.39 is 0 Å². The number of nitrogens with zero attached hydrogens (tertiary/aromatic N) is 3. The molecule has 2 aromatic heterocycles. The lowest BCUT2D eigenvalue weighted by molar-refractivity contribution is -0.0641. The van der Waals surface area contributed by atoms with Crippen LogP contribution in [0.15, 0.2) is 29.1 Å². The lowest BCUT2D eigenvalue weighted by atomic mass is 10.1. The fraction of sp³-hybridized carbons (Fsp3) is 0.500. The van der Waals surface area contributed by atoms with E-state index in [9.17, 15) is 4.79 Å². The van der Waals surface area contributed by atoms with Gasteiger partial charge in [0.25, 0.3) is 0 Å². The first-order chi connectivity index (χ1) is 11.0. The molecule has 0 unspecified atom stereocenters. The van der Waals surface area contributed by atoms with Crippen LogP contribution in [0.25, 0.3) is 0 Å². The van der Waals surface area contributed by atoms with Gasteiger partial charge >= 0.3 is 6.03 Å². The Morgan fingerprint density at radius 3 is 2.91 bits per heavy atom. The third-order valence-electron chi connectivity index (χ3n) is 3.83. The monoisotopic (exact) mass is 334 g/mol. The van der Waals surface area contributed by atoms with Gasteiger partial charge in [-0.3, -0.25) is 10.00 Å². The third kappa shape index (κ3) is 3.73. The zero-order valence-electron chi connectivity index (χ0n) is 13.6. The smallest absolute Gasteiger partial charge is 0.323 e. The summed E-state index contributed by atoms with van der Waals surface area (Å²) in [5.74, 6) is 0.579. The number of thiophene rings is 1. The van der Waals surface area contributed by atoms with Gasteiger partial charge in [-0.25, -0.2) is 4.79 Å². The van der Waals surface area contributed by atoms with Crippen molar-refractivity contribution in [3.8, 4) is 0 Å². The number of amides is 2. The number of rotatable bonds is 3. The molecule has 2 amide bonds. The van der Waals surface area contributed by atoms with Crippen molar-refractivity contribution >= 4 is 23.2 Å². The van der Waals surface area contributed by atoms with Crippen LogP contribution in [0.3, 0.4) is 0 Å². The summed E-state index contributed by atoms with van der Waals surface area (Å²) < 4.78 is 7.79. The highest BCUT2D eigenvalue weighted by atomic mass is 32.1. The fourth-order valence-corrected chi connectivity index (χ4v) is 3.34. The number of anilines is 1. The van der Waals surface area contributed by atoms with Gasteiger partial charge in [0, 0.05) is 24.8 Å². The Bertz CT molecular complexity index is 653. The molecule has 7 heteroatoms. The predicted octanol–water partition coefficient (Wildman–Crippen LogP) is 3.52. The van der Waals surface area contributed by atoms with Gasteiger partial charge in [-0.1, -0.05) is 0 Å². The van der Waals surface area contributed by atoms with Crippen LogP contribution >= 0.6 is 11.3 Å². The number of carbonyl (C=O) groups is 1. The average Bonchev–Trinajstić information content (AvgIpc) is 3.18. The maximum atomic E-state index is 12.5. The van der Waals surface area contributed by atoms with E-state index in [2.05, 4.69) is 15.8 Å². The fourth-order valence-electron chi connectivity index (χ4n) is 2.64. The number of morpholine rings is 1. The Morgan fingerprint density at radius 1 is 1.43 bits per heavy atom. The lowest BCUT2D eigenvalue weighted by Gasteiger charge is -2.36. The summed E-state index contributed by atoms with van der Waals surface area (Å²) in [4.78, 5) is 14.3. The van der Waals surface area contributed by atoms with Crippen molar-refractivity contribution < 1.29 is 9.53 Å². The van der Waals surface area contributed by atoms with E-state index in [0.29, 0.717) is 18.9 Å². The van der Waals surface area contributed by atoms with Crippen molar-refractivity contribution in [1.82, 2.24) is 14.7 Å². The summed E-state index contributed by atoms with van der Waals surface area (Å²) in [6.07, 6.45) is 1.81. The number of urea groups is 1. The minimum atomic E-state index is -0.130. The molecule has 3 heterocycles. The molecule has 0 radical (unpaired) electrons. The van der Waals surface area contributed by atoms with E-state index in [1.54, 1.807) is 16.2 Å². The van der Waals surface area contributed by atoms with Crippen molar-refractivity contribution in [3.05, 3.63) is 34.7 Å². The minimum Gasteiger partial charge on any atom is -0.367 e. The van der Waals surface area contributed by atoms with Gasteiger partial charge in [0.2, 0.25) is 0 Å². The molecule has 0 aromatic carbocycles. The molecule has 0 aliphatic carbocycles. The molecule has 23 heavy (non-hydrogen) atoms. The molecule has 1 aliphatic rings. The lowest BCUT2D eigenvalue weighted by Crippen LogP contribution is -2.47. The number of hydrogen-bond donors (Lipinski definition) is 1. The molecule has 1 aliphatic heterocycles. The van der Waals surface area contributed by atoms with Gasteiger partial charge in [0.15, 0.2) is 5.82 Å². The summed E-state index contributed by atoms with van der Waals surface area (Å²) in [6.45, 7) is 7.23. The molecule has 0 spiro atoms. The van der Waals surface area contributed by atoms with E-state index in [1.807, 2.05) is 49.2 Å². The van der Waals surface area contributed by atoms with Crippen LogP contribution in [0.4, 0.5) is 10.6 Å². The second-order valence-corrected chi connectivity index (χ2v) is 6.88. The van der Waals surface area contributed by atoms with Crippen molar-refractivity contribution in [2.75, 3.05) is 18.4 Å². The molecule has 1 N–H and O–H groups in total. The summed E-state index contributed by atoms with van der Waals surface area (Å²) in [6, 6.07) is 4.01. The van der Waals surface area contributed by atoms with Crippen LogP contribution in [0.1, 0.15) is 38.5 Å². The van der Waals surface area contributed by atoms with E-state index in [4.69, 9.17) is 4.74 Å². The van der Waals surface area contributed by atoms with Crippen LogP contribution in [0, 0.1) is 0 Å². The minimum absolute atomic E-state index is 0.00706. The van der Waals surface area contributed by atoms with E-state index in [0.717, 1.165) is 5.56 Å². The Hall–Kier alpha value is -1.86. The van der Waals surface area contributed by atoms with Gasteiger partial charge in [0.1, 0.15) is 6.10 Å². The quantitative estimate of drug-likeness (QED) is 0.934. The van der Waals surface area contributed by atoms with Crippen LogP contribution in [0.5, 0.6) is 0 Å². The number of nitrogens with one attached hydrogen (secondary N) is 1. The van der Waals surface area contributed by atoms with Crippen LogP contribution in [-0.2, 0) is 4.74 Å². The van der Waals surface area contributed by atoms with Crippen molar-refractivity contribution in [2.24, 2.45) is 0 Å². The van der Waals surface area contributed by atoms with Crippen LogP contribution in [0.2, 0.25) is 0 Å². The molecule has 1 saturated heterocycles. The zero-order valence-corrected chi connectivity index (χ0v) is 14.4. The normalized spacial score (nSPS) is 21.7. The maximum absolute atomic E-state index is 12.5. The number of carbonyl (C=O) groups excluding carboxylic acids is 1. The number of aromatic nitrogens is 2. The predicted molar refractivity (Wildman–Crippen MR) is 90.8 cm³/mol. The third-order valence-corrected chi connectivity index (χ3v) is 4.54. The van der Waals surface area contributed by atoms with E-state index in [1.165, 1.54) is 0 Å². The highest BCUT2D eigenvalue weighted by Gasteiger charge is 2.29.